The van der Waals surface area contributed by atoms with E-state index in [1.807, 2.05) is 0 Å². The van der Waals surface area contributed by atoms with Crippen LogP contribution in [0.2, 0.25) is 0 Å². The Morgan fingerprint density at radius 2 is 1.85 bits per heavy atom. The number of hydrogen-bond donors (Lipinski definition) is 1. The molecule has 172 valence electrons. The molecular formula is C27H31N3O3. The van der Waals surface area contributed by atoms with Gasteiger partial charge in [-0.25, -0.2) is 4.98 Å². The van der Waals surface area contributed by atoms with Gasteiger partial charge in [0.1, 0.15) is 5.60 Å². The fourth-order valence-electron chi connectivity index (χ4n) is 5.69. The minimum absolute atomic E-state index is 0.134. The number of aryl methyl sites for hydroxylation is 1. The monoisotopic (exact) mass is 445 g/mol. The maximum Gasteiger partial charge on any atom is 0.319 e. The van der Waals surface area contributed by atoms with Gasteiger partial charge in [0.05, 0.1) is 19.8 Å². The maximum absolute atomic E-state index is 11.8. The SMILES string of the molecule is COc1ncc([C@]2(O)CC[C@H]3CN(Cc4ccc(-c5ccccc5C)cc4)C[C@H]32)c(OC)n1. The van der Waals surface area contributed by atoms with Crippen molar-refractivity contribution < 1.29 is 14.6 Å². The van der Waals surface area contributed by atoms with Gasteiger partial charge in [-0.15, -0.1) is 0 Å². The minimum Gasteiger partial charge on any atom is -0.481 e. The lowest BCUT2D eigenvalue weighted by molar-refractivity contribution is -0.00972. The van der Waals surface area contributed by atoms with Gasteiger partial charge in [0.25, 0.3) is 0 Å². The summed E-state index contributed by atoms with van der Waals surface area (Å²) >= 11 is 0. The van der Waals surface area contributed by atoms with E-state index in [0.717, 1.165) is 26.1 Å². The van der Waals surface area contributed by atoms with Gasteiger partial charge >= 0.3 is 6.01 Å². The van der Waals surface area contributed by atoms with Crippen LogP contribution in [0, 0.1) is 18.8 Å². The molecule has 2 aromatic carbocycles. The second-order valence-corrected chi connectivity index (χ2v) is 9.32. The molecule has 33 heavy (non-hydrogen) atoms. The second kappa shape index (κ2) is 8.76. The number of nitrogens with zero attached hydrogens (tertiary/aromatic N) is 3. The van der Waals surface area contributed by atoms with Crippen LogP contribution in [0.4, 0.5) is 0 Å². The number of hydrogen-bond acceptors (Lipinski definition) is 6. The number of ether oxygens (including phenoxy) is 2. The van der Waals surface area contributed by atoms with E-state index in [9.17, 15) is 5.11 Å². The molecule has 1 aliphatic carbocycles. The van der Waals surface area contributed by atoms with Crippen molar-refractivity contribution in [1.29, 1.82) is 0 Å². The number of aliphatic hydroxyl groups is 1. The molecule has 2 fully saturated rings. The number of rotatable bonds is 6. The van der Waals surface area contributed by atoms with Crippen molar-refractivity contribution in [2.45, 2.75) is 31.9 Å². The summed E-state index contributed by atoms with van der Waals surface area (Å²) < 4.78 is 10.6. The summed E-state index contributed by atoms with van der Waals surface area (Å²) in [5, 5.41) is 11.8. The molecule has 6 nitrogen and oxygen atoms in total. The second-order valence-electron chi connectivity index (χ2n) is 9.32. The molecule has 1 N–H and O–H groups in total. The summed E-state index contributed by atoms with van der Waals surface area (Å²) in [4.78, 5) is 11.0. The lowest BCUT2D eigenvalue weighted by atomic mass is 9.83. The van der Waals surface area contributed by atoms with Crippen LogP contribution in [0.3, 0.4) is 0 Å². The highest BCUT2D eigenvalue weighted by Crippen LogP contribution is 2.52. The van der Waals surface area contributed by atoms with E-state index in [1.165, 1.54) is 29.4 Å². The highest BCUT2D eigenvalue weighted by Gasteiger charge is 2.53. The molecule has 3 atom stereocenters. The van der Waals surface area contributed by atoms with Crippen molar-refractivity contribution in [2.75, 3.05) is 27.3 Å². The van der Waals surface area contributed by atoms with Crippen molar-refractivity contribution >= 4 is 0 Å². The zero-order valence-electron chi connectivity index (χ0n) is 19.5. The van der Waals surface area contributed by atoms with Gasteiger partial charge in [0.15, 0.2) is 0 Å². The Bertz CT molecular complexity index is 1130. The van der Waals surface area contributed by atoms with E-state index in [4.69, 9.17) is 9.47 Å². The van der Waals surface area contributed by atoms with E-state index < -0.39 is 5.60 Å². The zero-order valence-corrected chi connectivity index (χ0v) is 19.5. The molecule has 1 saturated heterocycles. The van der Waals surface area contributed by atoms with Gasteiger partial charge in [0.2, 0.25) is 5.88 Å². The van der Waals surface area contributed by atoms with Gasteiger partial charge in [-0.1, -0.05) is 48.5 Å². The lowest BCUT2D eigenvalue weighted by Gasteiger charge is -2.31. The predicted octanol–water partition coefficient (Wildman–Crippen LogP) is 4.20. The fraction of sp³-hybridized carbons (Fsp3) is 0.407. The summed E-state index contributed by atoms with van der Waals surface area (Å²) in [6, 6.07) is 17.6. The van der Waals surface area contributed by atoms with E-state index >= 15 is 0 Å². The van der Waals surface area contributed by atoms with Crippen molar-refractivity contribution in [3.8, 4) is 23.0 Å². The first-order chi connectivity index (χ1) is 16.0. The summed E-state index contributed by atoms with van der Waals surface area (Å²) in [7, 11) is 3.10. The molecule has 0 amide bonds. The number of aromatic nitrogens is 2. The first-order valence-electron chi connectivity index (χ1n) is 11.6. The number of likely N-dealkylation sites (tertiary alicyclic amines) is 1. The largest absolute Gasteiger partial charge is 0.481 e. The van der Waals surface area contributed by atoms with Crippen LogP contribution in [-0.4, -0.2) is 47.3 Å². The molecule has 2 aliphatic rings. The van der Waals surface area contributed by atoms with Gasteiger partial charge in [0, 0.05) is 31.7 Å². The van der Waals surface area contributed by atoms with Gasteiger partial charge in [-0.05, 0) is 47.9 Å². The molecule has 5 rings (SSSR count). The first kappa shape index (κ1) is 21.9. The topological polar surface area (TPSA) is 67.7 Å². The number of methoxy groups -OCH3 is 2. The molecule has 0 spiro atoms. The smallest absolute Gasteiger partial charge is 0.319 e. The third-order valence-corrected chi connectivity index (χ3v) is 7.42. The van der Waals surface area contributed by atoms with E-state index in [2.05, 4.69) is 70.3 Å². The normalized spacial score (nSPS) is 24.6. The molecule has 0 bridgehead atoms. The average molecular weight is 446 g/mol. The Hall–Kier alpha value is -2.96. The molecule has 6 heteroatoms. The Labute approximate surface area is 195 Å². The fourth-order valence-corrected chi connectivity index (χ4v) is 5.69. The molecule has 1 aromatic heterocycles. The first-order valence-corrected chi connectivity index (χ1v) is 11.6. The predicted molar refractivity (Wildman–Crippen MR) is 127 cm³/mol. The van der Waals surface area contributed by atoms with E-state index in [0.29, 0.717) is 23.8 Å². The Balaban J connectivity index is 1.31. The van der Waals surface area contributed by atoms with Crippen LogP contribution in [0.25, 0.3) is 11.1 Å². The van der Waals surface area contributed by atoms with E-state index in [-0.39, 0.29) is 11.9 Å². The Morgan fingerprint density at radius 1 is 1.06 bits per heavy atom. The number of fused-ring (bicyclic) bond motifs is 1. The van der Waals surface area contributed by atoms with Crippen LogP contribution in [0.5, 0.6) is 11.9 Å². The summed E-state index contributed by atoms with van der Waals surface area (Å²) in [6.07, 6.45) is 3.35. The molecule has 1 saturated carbocycles. The van der Waals surface area contributed by atoms with Crippen LogP contribution >= 0.6 is 0 Å². The summed E-state index contributed by atoms with van der Waals surface area (Å²) in [5.74, 6) is 0.984. The van der Waals surface area contributed by atoms with Crippen LogP contribution < -0.4 is 9.47 Å². The van der Waals surface area contributed by atoms with Gasteiger partial charge in [-0.3, -0.25) is 4.90 Å². The third kappa shape index (κ3) is 3.98. The van der Waals surface area contributed by atoms with Crippen molar-refractivity contribution in [3.63, 3.8) is 0 Å². The molecular weight excluding hydrogens is 414 g/mol. The van der Waals surface area contributed by atoms with Crippen LogP contribution in [0.1, 0.15) is 29.5 Å². The highest BCUT2D eigenvalue weighted by molar-refractivity contribution is 5.67. The minimum atomic E-state index is -0.980. The zero-order chi connectivity index (χ0) is 23.0. The van der Waals surface area contributed by atoms with Gasteiger partial charge < -0.3 is 14.6 Å². The van der Waals surface area contributed by atoms with Crippen LogP contribution in [-0.2, 0) is 12.1 Å². The van der Waals surface area contributed by atoms with Crippen LogP contribution in [0.15, 0.2) is 54.7 Å². The Kier molecular flexibility index (Phi) is 5.81. The Morgan fingerprint density at radius 3 is 2.58 bits per heavy atom. The molecule has 2 heterocycles. The quantitative estimate of drug-likeness (QED) is 0.613. The molecule has 0 unspecified atom stereocenters. The summed E-state index contributed by atoms with van der Waals surface area (Å²) in [6.45, 7) is 4.87. The standard InChI is InChI=1S/C27H31N3O3/c1-18-6-4-5-7-22(18)20-10-8-19(9-11-20)15-30-16-21-12-13-27(31,24(21)17-30)23-14-28-26(33-3)29-25(23)32-2/h4-11,14,21,24,31H,12-13,15-17H2,1-3H3/t21-,24+,27+/m0/s1. The van der Waals surface area contributed by atoms with Crippen molar-refractivity contribution in [1.82, 2.24) is 14.9 Å². The molecule has 1 aliphatic heterocycles. The average Bonchev–Trinajstić information content (AvgIpc) is 3.39. The maximum atomic E-state index is 11.8. The van der Waals surface area contributed by atoms with Gasteiger partial charge in [-0.2, -0.15) is 4.98 Å². The van der Waals surface area contributed by atoms with Crippen molar-refractivity contribution in [3.05, 3.63) is 71.4 Å². The van der Waals surface area contributed by atoms with Crippen molar-refractivity contribution in [2.24, 2.45) is 11.8 Å². The lowest BCUT2D eigenvalue weighted by Crippen LogP contribution is -2.35. The van der Waals surface area contributed by atoms with E-state index in [1.54, 1.807) is 13.3 Å². The molecule has 0 radical (unpaired) electrons. The number of benzene rings is 2. The third-order valence-electron chi connectivity index (χ3n) is 7.42. The molecule has 3 aromatic rings. The summed E-state index contributed by atoms with van der Waals surface area (Å²) in [5.41, 5.74) is 4.79. The highest BCUT2D eigenvalue weighted by atomic mass is 16.5.